The summed E-state index contributed by atoms with van der Waals surface area (Å²) in [6.45, 7) is 6.60. The SMILES string of the molecule is CCCCOc1ccc(C2NNCC2C(=O)N2CCN(c3ccccn3)CC2)cc1. The number of carbonyl (C=O) groups excluding carboxylic acids is 1. The number of carbonyl (C=O) groups is 1. The average Bonchev–Trinajstić information content (AvgIpc) is 3.30. The van der Waals surface area contributed by atoms with Crippen LogP contribution in [0.4, 0.5) is 5.82 Å². The number of unbranched alkanes of at least 4 members (excludes halogenated alkanes) is 1. The number of benzene rings is 1. The minimum absolute atomic E-state index is 0.0315. The van der Waals surface area contributed by atoms with Gasteiger partial charge in [-0.15, -0.1) is 0 Å². The largest absolute Gasteiger partial charge is 0.494 e. The van der Waals surface area contributed by atoms with Gasteiger partial charge in [-0.3, -0.25) is 10.2 Å². The summed E-state index contributed by atoms with van der Waals surface area (Å²) in [4.78, 5) is 21.9. The predicted molar refractivity (Wildman–Crippen MR) is 117 cm³/mol. The Morgan fingerprint density at radius 2 is 1.93 bits per heavy atom. The highest BCUT2D eigenvalue weighted by Crippen LogP contribution is 2.28. The van der Waals surface area contributed by atoms with E-state index in [0.29, 0.717) is 6.54 Å². The van der Waals surface area contributed by atoms with Crippen molar-refractivity contribution in [2.45, 2.75) is 25.8 Å². The highest BCUT2D eigenvalue weighted by atomic mass is 16.5. The monoisotopic (exact) mass is 409 g/mol. The molecule has 2 aromatic rings. The summed E-state index contributed by atoms with van der Waals surface area (Å²) in [5.74, 6) is 1.96. The standard InChI is InChI=1S/C23H31N5O2/c1-2-3-16-30-19-9-7-18(8-10-19)22-20(17-25-26-22)23(29)28-14-12-27(13-15-28)21-6-4-5-11-24-21/h4-11,20,22,25-26H,2-3,12-17H2,1H3. The molecule has 30 heavy (non-hydrogen) atoms. The van der Waals surface area contributed by atoms with E-state index in [1.807, 2.05) is 41.4 Å². The third-order valence-corrected chi connectivity index (χ3v) is 5.87. The van der Waals surface area contributed by atoms with Gasteiger partial charge in [0.05, 0.1) is 18.6 Å². The lowest BCUT2D eigenvalue weighted by Crippen LogP contribution is -2.51. The number of hydrazine groups is 1. The van der Waals surface area contributed by atoms with Gasteiger partial charge in [-0.2, -0.15) is 0 Å². The molecule has 2 fully saturated rings. The molecular weight excluding hydrogens is 378 g/mol. The maximum Gasteiger partial charge on any atom is 0.229 e. The molecule has 3 heterocycles. The molecule has 4 rings (SSSR count). The quantitative estimate of drug-likeness (QED) is 0.685. The van der Waals surface area contributed by atoms with Gasteiger partial charge in [0.2, 0.25) is 5.91 Å². The fraction of sp³-hybridized carbons (Fsp3) is 0.478. The first-order valence-corrected chi connectivity index (χ1v) is 10.9. The zero-order chi connectivity index (χ0) is 20.8. The summed E-state index contributed by atoms with van der Waals surface area (Å²) in [6, 6.07) is 14.0. The topological polar surface area (TPSA) is 69.7 Å². The Bertz CT molecular complexity index is 806. The van der Waals surface area contributed by atoms with Gasteiger partial charge in [-0.1, -0.05) is 31.5 Å². The molecule has 7 nitrogen and oxygen atoms in total. The van der Waals surface area contributed by atoms with Crippen LogP contribution in [-0.4, -0.2) is 55.1 Å². The fourth-order valence-corrected chi connectivity index (χ4v) is 4.08. The summed E-state index contributed by atoms with van der Waals surface area (Å²) in [7, 11) is 0. The van der Waals surface area contributed by atoms with Crippen LogP contribution >= 0.6 is 0 Å². The van der Waals surface area contributed by atoms with E-state index in [1.54, 1.807) is 0 Å². The number of ether oxygens (including phenoxy) is 1. The molecule has 0 aliphatic carbocycles. The molecule has 0 saturated carbocycles. The Labute approximate surface area is 178 Å². The predicted octanol–water partition coefficient (Wildman–Crippen LogP) is 2.37. The van der Waals surface area contributed by atoms with Gasteiger partial charge < -0.3 is 14.5 Å². The Morgan fingerprint density at radius 3 is 2.63 bits per heavy atom. The van der Waals surface area contributed by atoms with Gasteiger partial charge in [0.25, 0.3) is 0 Å². The van der Waals surface area contributed by atoms with Crippen LogP contribution in [0.15, 0.2) is 48.7 Å². The number of anilines is 1. The molecule has 2 atom stereocenters. The van der Waals surface area contributed by atoms with Crippen LogP contribution in [0.2, 0.25) is 0 Å². The maximum absolute atomic E-state index is 13.3. The van der Waals surface area contributed by atoms with Crippen LogP contribution < -0.4 is 20.5 Å². The lowest BCUT2D eigenvalue weighted by Gasteiger charge is -2.37. The molecule has 1 aromatic carbocycles. The summed E-state index contributed by atoms with van der Waals surface area (Å²) in [6.07, 6.45) is 3.99. The van der Waals surface area contributed by atoms with Crippen LogP contribution in [-0.2, 0) is 4.79 Å². The van der Waals surface area contributed by atoms with Gasteiger partial charge >= 0.3 is 0 Å². The van der Waals surface area contributed by atoms with Crippen LogP contribution in [0, 0.1) is 5.92 Å². The van der Waals surface area contributed by atoms with Gasteiger partial charge in [0, 0.05) is 38.9 Å². The minimum Gasteiger partial charge on any atom is -0.494 e. The first-order valence-electron chi connectivity index (χ1n) is 10.9. The van der Waals surface area contributed by atoms with Crippen LogP contribution in [0.1, 0.15) is 31.4 Å². The number of nitrogens with zero attached hydrogens (tertiary/aromatic N) is 3. The van der Waals surface area contributed by atoms with E-state index in [-0.39, 0.29) is 17.9 Å². The second-order valence-corrected chi connectivity index (χ2v) is 7.88. The van der Waals surface area contributed by atoms with E-state index >= 15 is 0 Å². The number of hydrogen-bond acceptors (Lipinski definition) is 6. The van der Waals surface area contributed by atoms with E-state index in [1.165, 1.54) is 0 Å². The molecule has 7 heteroatoms. The third-order valence-electron chi connectivity index (χ3n) is 5.87. The second kappa shape index (κ2) is 9.91. The lowest BCUT2D eigenvalue weighted by molar-refractivity contribution is -0.135. The highest BCUT2D eigenvalue weighted by Gasteiger charge is 2.37. The van der Waals surface area contributed by atoms with E-state index in [4.69, 9.17) is 4.74 Å². The lowest BCUT2D eigenvalue weighted by atomic mass is 9.93. The van der Waals surface area contributed by atoms with Crippen molar-refractivity contribution in [3.05, 3.63) is 54.2 Å². The van der Waals surface area contributed by atoms with Gasteiger partial charge in [-0.05, 0) is 36.2 Å². The van der Waals surface area contributed by atoms with Crippen molar-refractivity contribution in [2.24, 2.45) is 5.92 Å². The zero-order valence-corrected chi connectivity index (χ0v) is 17.6. The van der Waals surface area contributed by atoms with E-state index in [0.717, 1.165) is 62.8 Å². The van der Waals surface area contributed by atoms with Crippen LogP contribution in [0.3, 0.4) is 0 Å². The smallest absolute Gasteiger partial charge is 0.229 e. The van der Waals surface area contributed by atoms with Crippen molar-refractivity contribution in [2.75, 3.05) is 44.2 Å². The second-order valence-electron chi connectivity index (χ2n) is 7.88. The summed E-state index contributed by atoms with van der Waals surface area (Å²) < 4.78 is 5.76. The van der Waals surface area contributed by atoms with Crippen molar-refractivity contribution in [1.82, 2.24) is 20.7 Å². The number of nitrogens with one attached hydrogen (secondary N) is 2. The molecular formula is C23H31N5O2. The van der Waals surface area contributed by atoms with Crippen LogP contribution in [0.5, 0.6) is 5.75 Å². The summed E-state index contributed by atoms with van der Waals surface area (Å²) in [5, 5.41) is 0. The molecule has 2 aliphatic heterocycles. The van der Waals surface area contributed by atoms with E-state index in [2.05, 4.69) is 39.8 Å². The first-order chi connectivity index (χ1) is 14.8. The number of piperazine rings is 1. The van der Waals surface area contributed by atoms with Gasteiger partial charge in [0.1, 0.15) is 11.6 Å². The zero-order valence-electron chi connectivity index (χ0n) is 17.6. The summed E-state index contributed by atoms with van der Waals surface area (Å²) in [5.41, 5.74) is 7.58. The summed E-state index contributed by atoms with van der Waals surface area (Å²) >= 11 is 0. The molecule has 1 aromatic heterocycles. The molecule has 1 amide bonds. The van der Waals surface area contributed by atoms with Crippen molar-refractivity contribution in [1.29, 1.82) is 0 Å². The molecule has 2 N–H and O–H groups in total. The Balaban J connectivity index is 1.35. The van der Waals surface area contributed by atoms with Gasteiger partial charge in [-0.25, -0.2) is 10.4 Å². The Kier molecular flexibility index (Phi) is 6.81. The normalized spacial score (nSPS) is 21.6. The van der Waals surface area contributed by atoms with Crippen molar-refractivity contribution in [3.8, 4) is 5.75 Å². The number of rotatable bonds is 7. The maximum atomic E-state index is 13.3. The van der Waals surface area contributed by atoms with Crippen LogP contribution in [0.25, 0.3) is 0 Å². The van der Waals surface area contributed by atoms with Gasteiger partial charge in [0.15, 0.2) is 0 Å². The average molecular weight is 410 g/mol. The minimum atomic E-state index is -0.113. The van der Waals surface area contributed by atoms with Crippen molar-refractivity contribution < 1.29 is 9.53 Å². The number of aromatic nitrogens is 1. The highest BCUT2D eigenvalue weighted by molar-refractivity contribution is 5.80. The molecule has 2 unspecified atom stereocenters. The number of pyridine rings is 1. The molecule has 160 valence electrons. The molecule has 2 aliphatic rings. The number of hydrogen-bond donors (Lipinski definition) is 2. The third kappa shape index (κ3) is 4.74. The number of amides is 1. The fourth-order valence-electron chi connectivity index (χ4n) is 4.08. The molecule has 0 spiro atoms. The molecule has 2 saturated heterocycles. The molecule has 0 radical (unpaired) electrons. The molecule has 0 bridgehead atoms. The Hall–Kier alpha value is -2.64. The van der Waals surface area contributed by atoms with E-state index in [9.17, 15) is 4.79 Å². The van der Waals surface area contributed by atoms with Crippen molar-refractivity contribution in [3.63, 3.8) is 0 Å². The van der Waals surface area contributed by atoms with E-state index < -0.39 is 0 Å². The van der Waals surface area contributed by atoms with Crippen molar-refractivity contribution >= 4 is 11.7 Å². The first kappa shape index (κ1) is 20.6. The Morgan fingerprint density at radius 1 is 1.13 bits per heavy atom.